The Morgan fingerprint density at radius 1 is 1.11 bits per heavy atom. The van der Waals surface area contributed by atoms with Crippen LogP contribution >= 0.6 is 0 Å². The lowest BCUT2D eigenvalue weighted by molar-refractivity contribution is -0.697. The van der Waals surface area contributed by atoms with Crippen molar-refractivity contribution in [2.45, 2.75) is 44.4 Å². The molecule has 2 rings (SSSR count). The lowest BCUT2D eigenvalue weighted by atomic mass is 10.0. The van der Waals surface area contributed by atoms with E-state index in [9.17, 15) is 25.1 Å². The van der Waals surface area contributed by atoms with Gasteiger partial charge in [-0.05, 0) is 30.5 Å². The van der Waals surface area contributed by atoms with Gasteiger partial charge in [0.2, 0.25) is 5.91 Å². The van der Waals surface area contributed by atoms with Crippen molar-refractivity contribution in [2.24, 2.45) is 0 Å². The highest BCUT2D eigenvalue weighted by Gasteiger charge is 2.22. The molecule has 0 spiro atoms. The van der Waals surface area contributed by atoms with Crippen LogP contribution in [0.4, 0.5) is 5.69 Å². The van der Waals surface area contributed by atoms with Gasteiger partial charge in [-0.15, -0.1) is 0 Å². The zero-order valence-electron chi connectivity index (χ0n) is 15.6. The second-order valence-corrected chi connectivity index (χ2v) is 6.57. The third-order valence-corrected chi connectivity index (χ3v) is 4.47. The first-order valence-electron chi connectivity index (χ1n) is 9.28. The number of amides is 1. The summed E-state index contributed by atoms with van der Waals surface area (Å²) in [6.45, 7) is 0.453. The molecule has 8 nitrogen and oxygen atoms in total. The average Bonchev–Trinajstić information content (AvgIpc) is 2.72. The van der Waals surface area contributed by atoms with Crippen molar-refractivity contribution in [2.75, 3.05) is 6.61 Å². The molecule has 2 atom stereocenters. The number of pyridine rings is 1. The number of carbonyl (C=O) groups is 1. The standard InChI is InChI=1S/C20H25N3O5/c24-15-18(20(26)16-8-10-17(11-9-16)23(27)28)21-19(25)7-3-1-4-12-22-13-5-2-6-14-22/h2,5-6,8-11,13-14,18,20,24,26H,1,3-4,7,12,15H2/p+1/t18-,20+/m0/s1. The van der Waals surface area contributed by atoms with Crippen LogP contribution in [0, 0.1) is 10.1 Å². The van der Waals surface area contributed by atoms with Crippen LogP contribution in [-0.2, 0) is 11.3 Å². The number of unbranched alkanes of at least 4 members (excludes halogenated alkanes) is 2. The first kappa shape index (κ1) is 21.5. The number of hydrogen-bond donors (Lipinski definition) is 3. The minimum absolute atomic E-state index is 0.0887. The third-order valence-electron chi connectivity index (χ3n) is 4.47. The number of aryl methyl sites for hydroxylation is 1. The summed E-state index contributed by atoms with van der Waals surface area (Å²) in [5, 5.41) is 33.2. The number of nitro benzene ring substituents is 1. The average molecular weight is 388 g/mol. The van der Waals surface area contributed by atoms with Crippen LogP contribution in [0.3, 0.4) is 0 Å². The van der Waals surface area contributed by atoms with Crippen molar-refractivity contribution in [1.82, 2.24) is 5.32 Å². The van der Waals surface area contributed by atoms with Gasteiger partial charge < -0.3 is 15.5 Å². The Labute approximate surface area is 163 Å². The van der Waals surface area contributed by atoms with E-state index < -0.39 is 23.7 Å². The van der Waals surface area contributed by atoms with Crippen LogP contribution in [0.25, 0.3) is 0 Å². The Morgan fingerprint density at radius 3 is 2.39 bits per heavy atom. The van der Waals surface area contributed by atoms with E-state index in [-0.39, 0.29) is 11.6 Å². The second kappa shape index (κ2) is 11.1. The minimum atomic E-state index is -1.15. The molecular formula is C20H26N3O5+. The summed E-state index contributed by atoms with van der Waals surface area (Å²) in [5.74, 6) is -0.243. The molecule has 0 unspecified atom stereocenters. The summed E-state index contributed by atoms with van der Waals surface area (Å²) in [6.07, 6.45) is 5.72. The molecule has 1 amide bonds. The quantitative estimate of drug-likeness (QED) is 0.234. The number of aromatic nitrogens is 1. The number of aliphatic hydroxyl groups is 2. The fourth-order valence-corrected chi connectivity index (χ4v) is 2.87. The molecule has 0 fully saturated rings. The predicted octanol–water partition coefficient (Wildman–Crippen LogP) is 1.65. The molecule has 0 saturated carbocycles. The number of nitrogens with one attached hydrogen (secondary N) is 1. The summed E-state index contributed by atoms with van der Waals surface area (Å²) >= 11 is 0. The summed E-state index contributed by atoms with van der Waals surface area (Å²) < 4.78 is 2.09. The first-order chi connectivity index (χ1) is 13.5. The van der Waals surface area contributed by atoms with Crippen LogP contribution in [0.2, 0.25) is 0 Å². The Balaban J connectivity index is 1.74. The van der Waals surface area contributed by atoms with Crippen molar-refractivity contribution in [3.05, 3.63) is 70.5 Å². The second-order valence-electron chi connectivity index (χ2n) is 6.57. The molecule has 8 heteroatoms. The number of hydrogen-bond acceptors (Lipinski definition) is 5. The summed E-state index contributed by atoms with van der Waals surface area (Å²) in [5.41, 5.74) is 0.305. The van der Waals surface area contributed by atoms with E-state index in [1.165, 1.54) is 24.3 Å². The topological polar surface area (TPSA) is 117 Å². The molecule has 0 aliphatic rings. The van der Waals surface area contributed by atoms with Gasteiger partial charge in [-0.25, -0.2) is 4.57 Å². The number of carbonyl (C=O) groups excluding carboxylic acids is 1. The van der Waals surface area contributed by atoms with Gasteiger partial charge in [-0.1, -0.05) is 6.07 Å². The van der Waals surface area contributed by atoms with Crippen LogP contribution in [0.15, 0.2) is 54.9 Å². The zero-order chi connectivity index (χ0) is 20.4. The first-order valence-corrected chi connectivity index (χ1v) is 9.28. The van der Waals surface area contributed by atoms with E-state index in [2.05, 4.69) is 9.88 Å². The van der Waals surface area contributed by atoms with Gasteiger partial charge in [-0.3, -0.25) is 14.9 Å². The fraction of sp³-hybridized carbons (Fsp3) is 0.400. The number of rotatable bonds is 11. The van der Waals surface area contributed by atoms with Crippen molar-refractivity contribution in [1.29, 1.82) is 0 Å². The molecule has 3 N–H and O–H groups in total. The Bertz CT molecular complexity index is 752. The molecule has 0 saturated heterocycles. The lowest BCUT2D eigenvalue weighted by Crippen LogP contribution is -2.41. The number of non-ortho nitro benzene ring substituents is 1. The van der Waals surface area contributed by atoms with Gasteiger partial charge >= 0.3 is 0 Å². The summed E-state index contributed by atoms with van der Waals surface area (Å²) in [4.78, 5) is 22.3. The van der Waals surface area contributed by atoms with E-state index >= 15 is 0 Å². The number of nitrogens with zero attached hydrogens (tertiary/aromatic N) is 2. The highest BCUT2D eigenvalue weighted by molar-refractivity contribution is 5.76. The van der Waals surface area contributed by atoms with Gasteiger partial charge in [0, 0.05) is 37.1 Å². The van der Waals surface area contributed by atoms with Crippen LogP contribution in [-0.4, -0.2) is 33.7 Å². The van der Waals surface area contributed by atoms with Crippen molar-refractivity contribution < 1.29 is 24.5 Å². The number of aliphatic hydroxyl groups excluding tert-OH is 2. The van der Waals surface area contributed by atoms with Crippen molar-refractivity contribution in [3.8, 4) is 0 Å². The van der Waals surface area contributed by atoms with Gasteiger partial charge in [0.1, 0.15) is 12.6 Å². The maximum absolute atomic E-state index is 12.1. The molecule has 0 aliphatic heterocycles. The summed E-state index contributed by atoms with van der Waals surface area (Å²) in [6, 6.07) is 10.4. The maximum Gasteiger partial charge on any atom is 0.269 e. The highest BCUT2D eigenvalue weighted by atomic mass is 16.6. The van der Waals surface area contributed by atoms with Crippen molar-refractivity contribution >= 4 is 11.6 Å². The molecule has 0 aliphatic carbocycles. The SMILES string of the molecule is O=C(CCCCC[n+]1ccccc1)N[C@@H](CO)[C@H](O)c1ccc([N+](=O)[O-])cc1. The van der Waals surface area contributed by atoms with E-state index in [4.69, 9.17) is 0 Å². The molecule has 1 heterocycles. The van der Waals surface area contributed by atoms with Crippen LogP contribution < -0.4 is 9.88 Å². The van der Waals surface area contributed by atoms with Crippen molar-refractivity contribution in [3.63, 3.8) is 0 Å². The van der Waals surface area contributed by atoms with Crippen LogP contribution in [0.1, 0.15) is 37.4 Å². The third kappa shape index (κ3) is 6.71. The normalized spacial score (nSPS) is 12.9. The van der Waals surface area contributed by atoms with E-state index in [0.29, 0.717) is 18.4 Å². The Kier molecular flexibility index (Phi) is 8.51. The van der Waals surface area contributed by atoms with Crippen LogP contribution in [0.5, 0.6) is 0 Å². The van der Waals surface area contributed by atoms with Gasteiger partial charge in [0.05, 0.1) is 17.6 Å². The zero-order valence-corrected chi connectivity index (χ0v) is 15.6. The smallest absolute Gasteiger partial charge is 0.269 e. The monoisotopic (exact) mass is 388 g/mol. The predicted molar refractivity (Wildman–Crippen MR) is 102 cm³/mol. The van der Waals surface area contributed by atoms with E-state index in [0.717, 1.165) is 19.4 Å². The molecular weight excluding hydrogens is 362 g/mol. The molecule has 0 radical (unpaired) electrons. The molecule has 150 valence electrons. The van der Waals surface area contributed by atoms with E-state index in [1.807, 2.05) is 30.6 Å². The van der Waals surface area contributed by atoms with Gasteiger partial charge in [0.15, 0.2) is 12.4 Å². The Morgan fingerprint density at radius 2 is 1.79 bits per heavy atom. The summed E-state index contributed by atoms with van der Waals surface area (Å²) in [7, 11) is 0. The number of nitro groups is 1. The Hall–Kier alpha value is -2.84. The molecule has 1 aromatic carbocycles. The van der Waals surface area contributed by atoms with Gasteiger partial charge in [0.25, 0.3) is 5.69 Å². The largest absolute Gasteiger partial charge is 0.394 e. The highest BCUT2D eigenvalue weighted by Crippen LogP contribution is 2.20. The fourth-order valence-electron chi connectivity index (χ4n) is 2.87. The molecule has 1 aromatic heterocycles. The number of benzene rings is 1. The lowest BCUT2D eigenvalue weighted by Gasteiger charge is -2.22. The maximum atomic E-state index is 12.1. The molecule has 0 bridgehead atoms. The van der Waals surface area contributed by atoms with Gasteiger partial charge in [-0.2, -0.15) is 0 Å². The molecule has 28 heavy (non-hydrogen) atoms. The minimum Gasteiger partial charge on any atom is -0.394 e. The van der Waals surface area contributed by atoms with E-state index in [1.54, 1.807) is 0 Å². The molecule has 2 aromatic rings.